The van der Waals surface area contributed by atoms with E-state index >= 15 is 0 Å². The van der Waals surface area contributed by atoms with Crippen molar-refractivity contribution in [3.05, 3.63) is 40.8 Å². The number of thiazole rings is 1. The highest BCUT2D eigenvalue weighted by atomic mass is 35.5. The molecule has 4 rings (SSSR count). The molecule has 3 unspecified atom stereocenters. The number of rotatable bonds is 6. The number of aliphatic hydroxyl groups excluding tert-OH is 2. The van der Waals surface area contributed by atoms with Gasteiger partial charge in [-0.3, -0.25) is 0 Å². The molecule has 3 aromatic heterocycles. The van der Waals surface area contributed by atoms with E-state index in [0.717, 1.165) is 0 Å². The van der Waals surface area contributed by atoms with Crippen molar-refractivity contribution < 1.29 is 19.7 Å². The zero-order valence-electron chi connectivity index (χ0n) is 16.1. The van der Waals surface area contributed by atoms with E-state index in [1.54, 1.807) is 18.5 Å². The van der Waals surface area contributed by atoms with Gasteiger partial charge in [-0.15, -0.1) is 16.4 Å². The molecule has 162 valence electrons. The van der Waals surface area contributed by atoms with E-state index < -0.39 is 36.4 Å². The number of aromatic nitrogens is 5. The first kappa shape index (κ1) is 22.1. The molecule has 5 atom stereocenters. The van der Waals surface area contributed by atoms with Crippen molar-refractivity contribution in [1.82, 2.24) is 25.0 Å². The number of hydrogen-bond donors (Lipinski definition) is 2. The molecule has 0 saturated carbocycles. The van der Waals surface area contributed by atoms with Gasteiger partial charge in [-0.05, 0) is 6.07 Å². The van der Waals surface area contributed by atoms with Gasteiger partial charge in [-0.2, -0.15) is 5.26 Å². The molecule has 0 bridgehead atoms. The highest BCUT2D eigenvalue weighted by Gasteiger charge is 2.47. The van der Waals surface area contributed by atoms with Gasteiger partial charge in [0.25, 0.3) is 0 Å². The Morgan fingerprint density at radius 2 is 2.29 bits per heavy atom. The Hall–Kier alpha value is -2.11. The molecule has 0 spiro atoms. The Kier molecular flexibility index (Phi) is 6.83. The molecular weight excluding hydrogens is 464 g/mol. The van der Waals surface area contributed by atoms with Crippen molar-refractivity contribution in [2.24, 2.45) is 0 Å². The fourth-order valence-corrected chi connectivity index (χ4v) is 5.37. The van der Waals surface area contributed by atoms with E-state index in [2.05, 4.69) is 20.3 Å². The van der Waals surface area contributed by atoms with Gasteiger partial charge >= 0.3 is 0 Å². The minimum atomic E-state index is -1.12. The maximum Gasteiger partial charge on any atom is 0.154 e. The summed E-state index contributed by atoms with van der Waals surface area (Å²) >= 11 is 8.65. The van der Waals surface area contributed by atoms with Crippen molar-refractivity contribution in [2.75, 3.05) is 13.7 Å². The van der Waals surface area contributed by atoms with E-state index in [1.165, 1.54) is 41.1 Å². The fraction of sp³-hybridized carbons (Fsp3) is 0.389. The van der Waals surface area contributed by atoms with Crippen LogP contribution in [0, 0.1) is 11.3 Å². The molecule has 0 amide bonds. The quantitative estimate of drug-likeness (QED) is 0.536. The van der Waals surface area contributed by atoms with Crippen molar-refractivity contribution in [1.29, 1.82) is 5.26 Å². The average molecular weight is 481 g/mol. The molecule has 2 N–H and O–H groups in total. The molecule has 1 aliphatic rings. The van der Waals surface area contributed by atoms with Crippen LogP contribution >= 0.6 is 34.7 Å². The van der Waals surface area contributed by atoms with E-state index in [0.29, 0.717) is 20.6 Å². The van der Waals surface area contributed by atoms with Gasteiger partial charge in [0, 0.05) is 29.8 Å². The average Bonchev–Trinajstić information content (AvgIpc) is 3.46. The number of halogens is 1. The van der Waals surface area contributed by atoms with Crippen LogP contribution in [0.1, 0.15) is 11.7 Å². The zero-order valence-corrected chi connectivity index (χ0v) is 18.5. The molecule has 0 aromatic carbocycles. The first-order valence-corrected chi connectivity index (χ1v) is 11.2. The molecule has 3 aromatic rings. The Bertz CT molecular complexity index is 1080. The summed E-state index contributed by atoms with van der Waals surface area (Å²) in [5.41, 5.74) is 0.0393. The molecule has 4 heterocycles. The second-order valence-electron chi connectivity index (χ2n) is 6.56. The predicted octanol–water partition coefficient (Wildman–Crippen LogP) is 1.75. The van der Waals surface area contributed by atoms with Gasteiger partial charge in [0.15, 0.2) is 5.69 Å². The van der Waals surface area contributed by atoms with Crippen molar-refractivity contribution in [3.63, 3.8) is 0 Å². The second kappa shape index (κ2) is 9.58. The highest BCUT2D eigenvalue weighted by molar-refractivity contribution is 7.99. The smallest absolute Gasteiger partial charge is 0.154 e. The predicted molar refractivity (Wildman–Crippen MR) is 113 cm³/mol. The van der Waals surface area contributed by atoms with Crippen LogP contribution in [-0.2, 0) is 9.47 Å². The second-order valence-corrected chi connectivity index (χ2v) is 9.03. The highest BCUT2D eigenvalue weighted by Crippen LogP contribution is 2.40. The lowest BCUT2D eigenvalue weighted by Gasteiger charge is -2.43. The monoisotopic (exact) mass is 480 g/mol. The maximum atomic E-state index is 10.9. The van der Waals surface area contributed by atoms with Crippen molar-refractivity contribution in [2.45, 2.75) is 34.7 Å². The van der Waals surface area contributed by atoms with Crippen LogP contribution in [0.3, 0.4) is 0 Å². The van der Waals surface area contributed by atoms with Crippen LogP contribution in [0.15, 0.2) is 34.9 Å². The summed E-state index contributed by atoms with van der Waals surface area (Å²) < 4.78 is 13.1. The Morgan fingerprint density at radius 1 is 1.45 bits per heavy atom. The van der Waals surface area contributed by atoms with Gasteiger partial charge in [-0.1, -0.05) is 28.6 Å². The summed E-state index contributed by atoms with van der Waals surface area (Å²) in [7, 11) is 1.49. The lowest BCUT2D eigenvalue weighted by Crippen LogP contribution is -2.55. The Morgan fingerprint density at radius 3 is 2.97 bits per heavy atom. The standard InChI is InChI=1S/C18H17ClN6O4S2/c1-28-16-14(25-7-11(23-24-25)17-21-2-3-30-17)15(27)12(8-26)29-18(16)31-13-4-9(19)6-22-10(13)5-20/h2-4,6-7,12,14-16,18,26-27H,8H2,1H3/t12?,14?,15-,16?,18+/m0/s1. The van der Waals surface area contributed by atoms with E-state index in [-0.39, 0.29) is 5.69 Å². The molecule has 0 radical (unpaired) electrons. The topological polar surface area (TPSA) is 139 Å². The molecule has 31 heavy (non-hydrogen) atoms. The minimum absolute atomic E-state index is 0.183. The number of nitrogens with zero attached hydrogens (tertiary/aromatic N) is 6. The van der Waals surface area contributed by atoms with Gasteiger partial charge in [-0.25, -0.2) is 14.6 Å². The van der Waals surface area contributed by atoms with Gasteiger partial charge in [0.1, 0.15) is 46.6 Å². The summed E-state index contributed by atoms with van der Waals surface area (Å²) in [5, 5.41) is 41.3. The van der Waals surface area contributed by atoms with Gasteiger partial charge < -0.3 is 19.7 Å². The van der Waals surface area contributed by atoms with E-state index in [9.17, 15) is 15.5 Å². The van der Waals surface area contributed by atoms with Crippen molar-refractivity contribution >= 4 is 34.7 Å². The first-order chi connectivity index (χ1) is 15.0. The summed E-state index contributed by atoms with van der Waals surface area (Å²) in [6.07, 6.45) is 2.00. The number of methoxy groups -OCH3 is 1. The number of hydrogen-bond acceptors (Lipinski definition) is 11. The Balaban J connectivity index is 1.68. The summed E-state index contributed by atoms with van der Waals surface area (Å²) in [5.74, 6) is 0. The number of thioether (sulfide) groups is 1. The number of nitriles is 1. The number of aliphatic hydroxyl groups is 2. The minimum Gasteiger partial charge on any atom is -0.394 e. The van der Waals surface area contributed by atoms with Crippen LogP contribution in [0.5, 0.6) is 0 Å². The van der Waals surface area contributed by atoms with E-state index in [1.807, 2.05) is 11.4 Å². The molecule has 1 fully saturated rings. The zero-order chi connectivity index (χ0) is 22.0. The lowest BCUT2D eigenvalue weighted by molar-refractivity contribution is -0.186. The molecular formula is C18H17ClN6O4S2. The maximum absolute atomic E-state index is 10.9. The Labute approximate surface area is 190 Å². The summed E-state index contributed by atoms with van der Waals surface area (Å²) in [6.45, 7) is -0.419. The molecule has 1 saturated heterocycles. The number of ether oxygens (including phenoxy) is 2. The SMILES string of the molecule is COC1C(n2cc(-c3nccs3)nn2)[C@@H](O)C(CO)O[C@@H]1Sc1cc(Cl)cnc1C#N. The van der Waals surface area contributed by atoms with E-state index in [4.69, 9.17) is 21.1 Å². The van der Waals surface area contributed by atoms with Crippen molar-refractivity contribution in [3.8, 4) is 16.8 Å². The molecule has 1 aliphatic heterocycles. The summed E-state index contributed by atoms with van der Waals surface area (Å²) in [4.78, 5) is 8.75. The normalized spacial score (nSPS) is 26.0. The first-order valence-electron chi connectivity index (χ1n) is 9.07. The molecule has 0 aliphatic carbocycles. The third-order valence-electron chi connectivity index (χ3n) is 4.73. The van der Waals surface area contributed by atoms with Gasteiger partial charge in [0.05, 0.1) is 17.8 Å². The third kappa shape index (κ3) is 4.44. The lowest BCUT2D eigenvalue weighted by atomic mass is 9.97. The molecule has 13 heteroatoms. The third-order valence-corrected chi connectivity index (χ3v) is 6.91. The summed E-state index contributed by atoms with van der Waals surface area (Å²) in [6, 6.07) is 2.92. The van der Waals surface area contributed by atoms with Crippen LogP contribution in [0.25, 0.3) is 10.7 Å². The number of pyridine rings is 1. The molecule has 10 nitrogen and oxygen atoms in total. The van der Waals surface area contributed by atoms with Crippen LogP contribution < -0.4 is 0 Å². The van der Waals surface area contributed by atoms with Gasteiger partial charge in [0.2, 0.25) is 0 Å². The van der Waals surface area contributed by atoms with Crippen LogP contribution in [0.4, 0.5) is 0 Å². The van der Waals surface area contributed by atoms with Crippen LogP contribution in [-0.4, -0.2) is 72.6 Å². The largest absolute Gasteiger partial charge is 0.394 e. The fourth-order valence-electron chi connectivity index (χ4n) is 3.30. The van der Waals surface area contributed by atoms with Crippen LogP contribution in [0.2, 0.25) is 5.02 Å².